The predicted molar refractivity (Wildman–Crippen MR) is 91.8 cm³/mol. The summed E-state index contributed by atoms with van der Waals surface area (Å²) in [5, 5.41) is 11.9. The van der Waals surface area contributed by atoms with E-state index in [1.807, 2.05) is 0 Å². The molecule has 0 N–H and O–H groups in total. The van der Waals surface area contributed by atoms with Crippen molar-refractivity contribution in [3.05, 3.63) is 46.7 Å². The van der Waals surface area contributed by atoms with Gasteiger partial charge in [-0.1, -0.05) is 5.16 Å². The molecule has 0 aliphatic carbocycles. The van der Waals surface area contributed by atoms with Crippen LogP contribution in [0.3, 0.4) is 0 Å². The second kappa shape index (κ2) is 6.61. The number of nitrogens with zero attached hydrogens (tertiary/aromatic N) is 5. The van der Waals surface area contributed by atoms with E-state index in [9.17, 15) is 18.0 Å². The van der Waals surface area contributed by atoms with E-state index < -0.39 is 11.7 Å². The molecular weight excluding hydrogens is 375 g/mol. The van der Waals surface area contributed by atoms with Gasteiger partial charge in [0.1, 0.15) is 17.1 Å². The number of aromatic nitrogens is 4. The van der Waals surface area contributed by atoms with Gasteiger partial charge in [0, 0.05) is 25.2 Å². The molecule has 0 spiro atoms. The van der Waals surface area contributed by atoms with E-state index in [-0.39, 0.29) is 11.8 Å². The number of piperidine rings is 1. The van der Waals surface area contributed by atoms with E-state index in [1.54, 1.807) is 18.7 Å². The Balaban J connectivity index is 1.64. The molecule has 0 saturated carbocycles. The van der Waals surface area contributed by atoms with Crippen LogP contribution in [0.4, 0.5) is 13.2 Å². The fraction of sp³-hybridized carbons (Fsp3) is 0.444. The molecule has 7 nitrogen and oxygen atoms in total. The van der Waals surface area contributed by atoms with Crippen LogP contribution in [0.25, 0.3) is 5.65 Å². The van der Waals surface area contributed by atoms with Crippen molar-refractivity contribution in [3.8, 4) is 0 Å². The van der Waals surface area contributed by atoms with Crippen molar-refractivity contribution in [2.75, 3.05) is 13.1 Å². The van der Waals surface area contributed by atoms with Crippen molar-refractivity contribution in [2.45, 2.75) is 38.8 Å². The van der Waals surface area contributed by atoms with Gasteiger partial charge in [-0.3, -0.25) is 9.20 Å². The number of aryl methyl sites for hydroxylation is 2. The van der Waals surface area contributed by atoms with Gasteiger partial charge in [0.25, 0.3) is 5.91 Å². The van der Waals surface area contributed by atoms with Gasteiger partial charge in [-0.15, -0.1) is 10.2 Å². The number of carbonyl (C=O) groups is 1. The van der Waals surface area contributed by atoms with Crippen LogP contribution in [0, 0.1) is 13.8 Å². The molecule has 0 aromatic carbocycles. The van der Waals surface area contributed by atoms with E-state index in [4.69, 9.17) is 4.52 Å². The van der Waals surface area contributed by atoms with Crippen LogP contribution >= 0.6 is 0 Å². The summed E-state index contributed by atoms with van der Waals surface area (Å²) in [6.07, 6.45) is -2.01. The summed E-state index contributed by atoms with van der Waals surface area (Å²) in [6.45, 7) is 4.29. The van der Waals surface area contributed by atoms with Crippen molar-refractivity contribution in [3.63, 3.8) is 0 Å². The summed E-state index contributed by atoms with van der Waals surface area (Å²) in [4.78, 5) is 14.6. The summed E-state index contributed by atoms with van der Waals surface area (Å²) in [5.74, 6) is 0.479. The minimum atomic E-state index is -4.45. The number of hydrogen-bond acceptors (Lipinski definition) is 5. The van der Waals surface area contributed by atoms with Gasteiger partial charge in [-0.05, 0) is 38.8 Å². The second-order valence-electron chi connectivity index (χ2n) is 6.99. The van der Waals surface area contributed by atoms with Gasteiger partial charge in [-0.25, -0.2) is 0 Å². The van der Waals surface area contributed by atoms with Gasteiger partial charge in [0.05, 0.1) is 11.3 Å². The topological polar surface area (TPSA) is 76.5 Å². The first-order valence-corrected chi connectivity index (χ1v) is 8.89. The zero-order chi connectivity index (χ0) is 20.1. The fourth-order valence-electron chi connectivity index (χ4n) is 3.67. The number of hydrogen-bond donors (Lipinski definition) is 0. The highest BCUT2D eigenvalue weighted by Crippen LogP contribution is 2.32. The van der Waals surface area contributed by atoms with Crippen molar-refractivity contribution in [2.24, 2.45) is 0 Å². The number of alkyl halides is 3. The van der Waals surface area contributed by atoms with E-state index in [0.717, 1.165) is 12.3 Å². The van der Waals surface area contributed by atoms with E-state index in [1.165, 1.54) is 10.5 Å². The largest absolute Gasteiger partial charge is 0.417 e. The molecule has 1 atom stereocenters. The lowest BCUT2D eigenvalue weighted by atomic mass is 9.96. The predicted octanol–water partition coefficient (Wildman–Crippen LogP) is 3.37. The molecule has 4 heterocycles. The normalized spacial score (nSPS) is 18.0. The molecule has 1 amide bonds. The molecule has 1 aliphatic heterocycles. The van der Waals surface area contributed by atoms with Crippen LogP contribution in [0.1, 0.15) is 52.0 Å². The maximum absolute atomic E-state index is 13.1. The lowest BCUT2D eigenvalue weighted by molar-refractivity contribution is -0.137. The lowest BCUT2D eigenvalue weighted by Crippen LogP contribution is -2.40. The SMILES string of the molecule is Cc1noc(C)c1C(=O)N1CCCC(c2nnc3ccc(C(F)(F)F)cn23)C1. The second-order valence-corrected chi connectivity index (χ2v) is 6.99. The standard InChI is InChI=1S/C18H18F3N5O2/c1-10-15(11(2)28-24-10)17(27)25-7-3-4-12(8-25)16-23-22-14-6-5-13(9-26(14)16)18(19,20)21/h5-6,9,12H,3-4,7-8H2,1-2H3. The first-order chi connectivity index (χ1) is 13.3. The van der Waals surface area contributed by atoms with Crippen molar-refractivity contribution in [1.29, 1.82) is 0 Å². The zero-order valence-electron chi connectivity index (χ0n) is 15.3. The first kappa shape index (κ1) is 18.5. The fourth-order valence-corrected chi connectivity index (χ4v) is 3.67. The maximum Gasteiger partial charge on any atom is 0.417 e. The van der Waals surface area contributed by atoms with Crippen LogP contribution in [-0.2, 0) is 6.18 Å². The zero-order valence-corrected chi connectivity index (χ0v) is 15.3. The Morgan fingerprint density at radius 3 is 2.71 bits per heavy atom. The quantitative estimate of drug-likeness (QED) is 0.667. The minimum Gasteiger partial charge on any atom is -0.361 e. The molecule has 3 aromatic rings. The number of halogens is 3. The molecular formula is C18H18F3N5O2. The van der Waals surface area contributed by atoms with Gasteiger partial charge < -0.3 is 9.42 Å². The first-order valence-electron chi connectivity index (χ1n) is 8.89. The number of amides is 1. The molecule has 10 heteroatoms. The lowest BCUT2D eigenvalue weighted by Gasteiger charge is -2.32. The third kappa shape index (κ3) is 3.12. The van der Waals surface area contributed by atoms with Crippen LogP contribution < -0.4 is 0 Å². The molecule has 3 aromatic heterocycles. The highest BCUT2D eigenvalue weighted by Gasteiger charge is 2.33. The monoisotopic (exact) mass is 393 g/mol. The number of likely N-dealkylation sites (tertiary alicyclic amines) is 1. The van der Waals surface area contributed by atoms with Crippen molar-refractivity contribution >= 4 is 11.6 Å². The Hall–Kier alpha value is -2.91. The van der Waals surface area contributed by atoms with Gasteiger partial charge in [0.15, 0.2) is 5.65 Å². The van der Waals surface area contributed by atoms with Crippen LogP contribution in [0.2, 0.25) is 0 Å². The molecule has 4 rings (SSSR count). The van der Waals surface area contributed by atoms with Gasteiger partial charge in [0.2, 0.25) is 0 Å². The Morgan fingerprint density at radius 2 is 2.04 bits per heavy atom. The molecule has 1 fully saturated rings. The van der Waals surface area contributed by atoms with Gasteiger partial charge >= 0.3 is 6.18 Å². The van der Waals surface area contributed by atoms with E-state index in [2.05, 4.69) is 15.4 Å². The summed E-state index contributed by atoms with van der Waals surface area (Å²) in [5.41, 5.74) is 0.538. The van der Waals surface area contributed by atoms with Crippen LogP contribution in [-0.4, -0.2) is 43.7 Å². The van der Waals surface area contributed by atoms with Crippen LogP contribution in [0.5, 0.6) is 0 Å². The third-order valence-electron chi connectivity index (χ3n) is 5.08. The average molecular weight is 393 g/mol. The molecule has 0 bridgehead atoms. The molecule has 1 aliphatic rings. The number of fused-ring (bicyclic) bond motifs is 1. The Bertz CT molecular complexity index is 1020. The Labute approximate surface area is 158 Å². The van der Waals surface area contributed by atoms with Gasteiger partial charge in [-0.2, -0.15) is 13.2 Å². The summed E-state index contributed by atoms with van der Waals surface area (Å²) in [7, 11) is 0. The summed E-state index contributed by atoms with van der Waals surface area (Å²) in [6, 6.07) is 2.29. The Morgan fingerprint density at radius 1 is 1.25 bits per heavy atom. The third-order valence-corrected chi connectivity index (χ3v) is 5.08. The van der Waals surface area contributed by atoms with Crippen molar-refractivity contribution < 1.29 is 22.5 Å². The summed E-state index contributed by atoms with van der Waals surface area (Å²) < 4.78 is 45.7. The number of rotatable bonds is 2. The highest BCUT2D eigenvalue weighted by atomic mass is 19.4. The number of pyridine rings is 1. The molecule has 28 heavy (non-hydrogen) atoms. The summed E-state index contributed by atoms with van der Waals surface area (Å²) >= 11 is 0. The minimum absolute atomic E-state index is 0.189. The number of carbonyl (C=O) groups excluding carboxylic acids is 1. The average Bonchev–Trinajstić information content (AvgIpc) is 3.23. The molecule has 148 valence electrons. The molecule has 0 radical (unpaired) electrons. The van der Waals surface area contributed by atoms with Crippen LogP contribution in [0.15, 0.2) is 22.9 Å². The molecule has 1 unspecified atom stereocenters. The van der Waals surface area contributed by atoms with E-state index >= 15 is 0 Å². The highest BCUT2D eigenvalue weighted by molar-refractivity contribution is 5.96. The Kier molecular flexibility index (Phi) is 4.35. The van der Waals surface area contributed by atoms with Crippen molar-refractivity contribution in [1.82, 2.24) is 24.7 Å². The van der Waals surface area contributed by atoms with E-state index in [0.29, 0.717) is 54.4 Å². The molecule has 1 saturated heterocycles. The maximum atomic E-state index is 13.1. The smallest absolute Gasteiger partial charge is 0.361 e.